The Morgan fingerprint density at radius 3 is 2.23 bits per heavy atom. The van der Waals surface area contributed by atoms with Crippen LogP contribution in [-0.2, 0) is 20.0 Å². The third-order valence-corrected chi connectivity index (χ3v) is 6.13. The summed E-state index contributed by atoms with van der Waals surface area (Å²) in [6, 6.07) is 6.98. The molecule has 0 saturated carbocycles. The number of rotatable bonds is 6. The second-order valence-electron chi connectivity index (χ2n) is 6.26. The molecule has 0 aliphatic carbocycles. The molecule has 0 radical (unpaired) electrons. The number of hydrogen-bond acceptors (Lipinski definition) is 4. The smallest absolute Gasteiger partial charge is 0.232 e. The zero-order valence-corrected chi connectivity index (χ0v) is 15.5. The van der Waals surface area contributed by atoms with Crippen LogP contribution in [0.5, 0.6) is 0 Å². The van der Waals surface area contributed by atoms with Gasteiger partial charge in [0.05, 0.1) is 15.9 Å². The molecule has 0 aliphatic heterocycles. The van der Waals surface area contributed by atoms with Crippen molar-refractivity contribution in [3.8, 4) is 0 Å². The van der Waals surface area contributed by atoms with Crippen LogP contribution in [0.15, 0.2) is 29.2 Å². The second-order valence-corrected chi connectivity index (χ2v) is 9.55. The van der Waals surface area contributed by atoms with E-state index in [1.165, 1.54) is 11.8 Å². The van der Waals surface area contributed by atoms with Gasteiger partial charge in [0.15, 0.2) is 9.84 Å². The summed E-state index contributed by atoms with van der Waals surface area (Å²) in [5.74, 6) is -0.222. The molecule has 0 aromatic heterocycles. The molecule has 0 aliphatic rings. The van der Waals surface area contributed by atoms with Crippen molar-refractivity contribution in [3.63, 3.8) is 0 Å². The highest BCUT2D eigenvalue weighted by Crippen LogP contribution is 2.23. The van der Waals surface area contributed by atoms with E-state index < -0.39 is 9.84 Å². The van der Waals surface area contributed by atoms with Crippen molar-refractivity contribution in [2.75, 3.05) is 18.6 Å². The molecule has 1 aromatic rings. The normalized spacial score (nSPS) is 13.7. The van der Waals surface area contributed by atoms with Crippen molar-refractivity contribution in [2.45, 2.75) is 43.3 Å². The summed E-state index contributed by atoms with van der Waals surface area (Å²) in [6.45, 7) is 8.17. The summed E-state index contributed by atoms with van der Waals surface area (Å²) in [5.41, 5.74) is 1.08. The van der Waals surface area contributed by atoms with Crippen LogP contribution in [0.3, 0.4) is 0 Å². The fourth-order valence-corrected chi connectivity index (χ4v) is 3.29. The minimum atomic E-state index is -3.37. The molecule has 1 atom stereocenters. The Bertz CT molecular complexity index is 601. The Kier molecular flexibility index (Phi) is 6.50. The van der Waals surface area contributed by atoms with Crippen LogP contribution >= 0.6 is 11.8 Å². The van der Waals surface area contributed by atoms with Crippen molar-refractivity contribution in [2.24, 2.45) is 0 Å². The molecule has 1 amide bonds. The van der Waals surface area contributed by atoms with Crippen molar-refractivity contribution in [1.29, 1.82) is 0 Å². The summed E-state index contributed by atoms with van der Waals surface area (Å²) >= 11 is 1.43. The van der Waals surface area contributed by atoms with Crippen LogP contribution in [0, 0.1) is 0 Å². The van der Waals surface area contributed by atoms with E-state index in [1.54, 1.807) is 19.1 Å². The first kappa shape index (κ1) is 19.0. The minimum Gasteiger partial charge on any atom is -0.354 e. The molecule has 1 aromatic carbocycles. The van der Waals surface area contributed by atoms with E-state index in [-0.39, 0.29) is 28.9 Å². The number of thioether (sulfide) groups is 1. The topological polar surface area (TPSA) is 63.2 Å². The van der Waals surface area contributed by atoms with Gasteiger partial charge in [-0.1, -0.05) is 32.9 Å². The molecule has 6 heteroatoms. The quantitative estimate of drug-likeness (QED) is 0.862. The first-order chi connectivity index (χ1) is 10.1. The molecule has 0 saturated heterocycles. The van der Waals surface area contributed by atoms with E-state index in [1.807, 2.05) is 18.4 Å². The van der Waals surface area contributed by atoms with Gasteiger partial charge in [-0.15, -0.1) is 0 Å². The first-order valence-electron chi connectivity index (χ1n) is 7.22. The Hall–Kier alpha value is -1.01. The van der Waals surface area contributed by atoms with Gasteiger partial charge in [-0.05, 0) is 36.3 Å². The summed E-state index contributed by atoms with van der Waals surface area (Å²) in [4.78, 5) is 11.9. The van der Waals surface area contributed by atoms with E-state index in [4.69, 9.17) is 0 Å². The van der Waals surface area contributed by atoms with Gasteiger partial charge in [-0.3, -0.25) is 4.79 Å². The lowest BCUT2D eigenvalue weighted by molar-refractivity contribution is -0.120. The van der Waals surface area contributed by atoms with Crippen molar-refractivity contribution in [3.05, 3.63) is 29.8 Å². The summed E-state index contributed by atoms with van der Waals surface area (Å²) < 4.78 is 24.5. The maximum absolute atomic E-state index is 12.3. The largest absolute Gasteiger partial charge is 0.354 e. The number of benzene rings is 1. The van der Waals surface area contributed by atoms with E-state index in [2.05, 4.69) is 26.1 Å². The van der Waals surface area contributed by atoms with Gasteiger partial charge in [0.1, 0.15) is 0 Å². The van der Waals surface area contributed by atoms with Crippen molar-refractivity contribution in [1.82, 2.24) is 5.32 Å². The van der Waals surface area contributed by atoms with Crippen molar-refractivity contribution < 1.29 is 13.2 Å². The maximum Gasteiger partial charge on any atom is 0.232 e. The van der Waals surface area contributed by atoms with Crippen LogP contribution in [-0.4, -0.2) is 38.1 Å². The fourth-order valence-electron chi connectivity index (χ4n) is 1.84. The van der Waals surface area contributed by atoms with Crippen LogP contribution < -0.4 is 5.32 Å². The molecule has 4 nitrogen and oxygen atoms in total. The zero-order chi connectivity index (χ0) is 17.0. The highest BCUT2D eigenvalue weighted by atomic mass is 32.2. The van der Waals surface area contributed by atoms with E-state index in [0.717, 1.165) is 5.56 Å². The summed E-state index contributed by atoms with van der Waals surface area (Å²) in [6.07, 6.45) is 1.85. The maximum atomic E-state index is 12.3. The summed E-state index contributed by atoms with van der Waals surface area (Å²) in [7, 11) is -3.37. The van der Waals surface area contributed by atoms with Crippen LogP contribution in [0.25, 0.3) is 0 Å². The highest BCUT2D eigenvalue weighted by Gasteiger charge is 2.18. The molecule has 0 unspecified atom stereocenters. The highest BCUT2D eigenvalue weighted by molar-refractivity contribution is 7.99. The van der Waals surface area contributed by atoms with Gasteiger partial charge < -0.3 is 5.32 Å². The lowest BCUT2D eigenvalue weighted by Gasteiger charge is -2.19. The van der Waals surface area contributed by atoms with Crippen LogP contribution in [0.1, 0.15) is 33.3 Å². The number of amides is 1. The Morgan fingerprint density at radius 1 is 1.23 bits per heavy atom. The van der Waals surface area contributed by atoms with E-state index in [9.17, 15) is 13.2 Å². The summed E-state index contributed by atoms with van der Waals surface area (Å²) in [5, 5.41) is 2.48. The number of nitrogens with one attached hydrogen (secondary N) is 1. The number of sulfone groups is 1. The van der Waals surface area contributed by atoms with Crippen molar-refractivity contribution >= 4 is 27.5 Å². The van der Waals surface area contributed by atoms with Gasteiger partial charge in [0.25, 0.3) is 0 Å². The average Bonchev–Trinajstić information content (AvgIpc) is 2.45. The fraction of sp³-hybridized carbons (Fsp3) is 0.562. The standard InChI is InChI=1S/C16H25NO3S2/c1-12(21-5)15(18)17-10-11-22(19,20)14-8-6-13(7-9-14)16(2,3)4/h6-9,12H,10-11H2,1-5H3,(H,17,18)/t12-/m0/s1. The van der Waals surface area contributed by atoms with E-state index >= 15 is 0 Å². The predicted octanol–water partition coefficient (Wildman–Crippen LogP) is 2.63. The average molecular weight is 344 g/mol. The van der Waals surface area contributed by atoms with Gasteiger partial charge in [-0.25, -0.2) is 8.42 Å². The van der Waals surface area contributed by atoms with Gasteiger partial charge in [-0.2, -0.15) is 11.8 Å². The van der Waals surface area contributed by atoms with Gasteiger partial charge in [0.2, 0.25) is 5.91 Å². The Balaban J connectivity index is 2.69. The SMILES string of the molecule is CS[C@@H](C)C(=O)NCCS(=O)(=O)c1ccc(C(C)(C)C)cc1. The Morgan fingerprint density at radius 2 is 1.77 bits per heavy atom. The molecule has 22 heavy (non-hydrogen) atoms. The monoisotopic (exact) mass is 343 g/mol. The molecule has 1 rings (SSSR count). The van der Waals surface area contributed by atoms with Crippen LogP contribution in [0.4, 0.5) is 0 Å². The minimum absolute atomic E-state index is 0.00970. The van der Waals surface area contributed by atoms with Crippen LogP contribution in [0.2, 0.25) is 0 Å². The third-order valence-electron chi connectivity index (χ3n) is 3.47. The Labute approximate surface area is 138 Å². The molecule has 1 N–H and O–H groups in total. The molecular formula is C16H25NO3S2. The predicted molar refractivity (Wildman–Crippen MR) is 93.2 cm³/mol. The number of hydrogen-bond donors (Lipinski definition) is 1. The van der Waals surface area contributed by atoms with E-state index in [0.29, 0.717) is 4.90 Å². The second kappa shape index (κ2) is 7.51. The van der Waals surface area contributed by atoms with Gasteiger partial charge >= 0.3 is 0 Å². The number of carbonyl (C=O) groups is 1. The molecular weight excluding hydrogens is 318 g/mol. The molecule has 0 spiro atoms. The third kappa shape index (κ3) is 5.32. The molecule has 0 heterocycles. The first-order valence-corrected chi connectivity index (χ1v) is 10.2. The lowest BCUT2D eigenvalue weighted by Crippen LogP contribution is -2.34. The molecule has 124 valence electrons. The molecule has 0 fully saturated rings. The molecule has 0 bridgehead atoms. The lowest BCUT2D eigenvalue weighted by atomic mass is 9.87. The van der Waals surface area contributed by atoms with Gasteiger partial charge in [0, 0.05) is 6.54 Å². The zero-order valence-electron chi connectivity index (χ0n) is 13.8. The number of carbonyl (C=O) groups excluding carboxylic acids is 1.